The molecular formula is C23H27N3O4. The van der Waals surface area contributed by atoms with Crippen LogP contribution in [0.25, 0.3) is 0 Å². The first kappa shape index (κ1) is 21.4. The van der Waals surface area contributed by atoms with Crippen LogP contribution in [-0.4, -0.2) is 37.4 Å². The highest BCUT2D eigenvalue weighted by atomic mass is 16.5. The van der Waals surface area contributed by atoms with Gasteiger partial charge in [0.05, 0.1) is 19.1 Å². The van der Waals surface area contributed by atoms with E-state index in [1.165, 1.54) is 0 Å². The number of amides is 3. The number of benzene rings is 2. The molecule has 0 saturated carbocycles. The van der Waals surface area contributed by atoms with Crippen molar-refractivity contribution in [2.75, 3.05) is 18.6 Å². The maximum absolute atomic E-state index is 12.6. The lowest BCUT2D eigenvalue weighted by Gasteiger charge is -2.20. The van der Waals surface area contributed by atoms with Gasteiger partial charge in [-0.05, 0) is 43.7 Å². The van der Waals surface area contributed by atoms with Gasteiger partial charge in [0.25, 0.3) is 0 Å². The Morgan fingerprint density at radius 3 is 2.33 bits per heavy atom. The van der Waals surface area contributed by atoms with E-state index in [9.17, 15) is 14.4 Å². The molecule has 0 spiro atoms. The summed E-state index contributed by atoms with van der Waals surface area (Å²) in [5.74, 6) is -0.480. The number of hydrogen-bond acceptors (Lipinski definition) is 4. The first-order chi connectivity index (χ1) is 14.4. The Kier molecular flexibility index (Phi) is 6.72. The number of carbonyl (C=O) groups is 3. The highest BCUT2D eigenvalue weighted by Crippen LogP contribution is 2.27. The van der Waals surface area contributed by atoms with Crippen LogP contribution in [0.4, 0.5) is 5.69 Å². The first-order valence-corrected chi connectivity index (χ1v) is 9.99. The second kappa shape index (κ2) is 9.43. The Bertz CT molecular complexity index is 898. The molecule has 0 unspecified atom stereocenters. The van der Waals surface area contributed by atoms with Gasteiger partial charge < -0.3 is 20.3 Å². The van der Waals surface area contributed by atoms with Gasteiger partial charge >= 0.3 is 0 Å². The maximum atomic E-state index is 12.6. The van der Waals surface area contributed by atoms with Crippen LogP contribution >= 0.6 is 0 Å². The third kappa shape index (κ3) is 4.97. The van der Waals surface area contributed by atoms with E-state index in [0.29, 0.717) is 5.75 Å². The second-order valence-electron chi connectivity index (χ2n) is 7.47. The molecule has 0 aromatic heterocycles. The smallest absolute Gasteiger partial charge is 0.242 e. The highest BCUT2D eigenvalue weighted by Gasteiger charge is 2.36. The van der Waals surface area contributed by atoms with Crippen LogP contribution < -0.4 is 20.3 Å². The standard InChI is InChI=1S/C23H27N3O4/c1-15(17-7-5-4-6-8-17)24-22(28)16(2)25-23(29)18-13-21(27)26(14-18)19-9-11-20(30-3)12-10-19/h4-12,15-16,18H,13-14H2,1-3H3,(H,24,28)(H,25,29)/t15-,16-,18+/m0/s1. The van der Waals surface area contributed by atoms with Crippen LogP contribution in [0.1, 0.15) is 31.9 Å². The van der Waals surface area contributed by atoms with Crippen LogP contribution in [0.3, 0.4) is 0 Å². The maximum Gasteiger partial charge on any atom is 0.242 e. The zero-order valence-corrected chi connectivity index (χ0v) is 17.4. The summed E-state index contributed by atoms with van der Waals surface area (Å²) in [6.07, 6.45) is 0.118. The van der Waals surface area contributed by atoms with E-state index in [-0.39, 0.29) is 36.7 Å². The fraction of sp³-hybridized carbons (Fsp3) is 0.348. The van der Waals surface area contributed by atoms with Gasteiger partial charge in [-0.15, -0.1) is 0 Å². The molecular weight excluding hydrogens is 382 g/mol. The lowest BCUT2D eigenvalue weighted by atomic mass is 10.1. The van der Waals surface area contributed by atoms with Gasteiger partial charge in [0.1, 0.15) is 11.8 Å². The Morgan fingerprint density at radius 1 is 1.03 bits per heavy atom. The predicted molar refractivity (Wildman–Crippen MR) is 114 cm³/mol. The second-order valence-corrected chi connectivity index (χ2v) is 7.47. The summed E-state index contributed by atoms with van der Waals surface area (Å²) in [6.45, 7) is 3.82. The van der Waals surface area contributed by atoms with Crippen molar-refractivity contribution in [2.45, 2.75) is 32.4 Å². The third-order valence-corrected chi connectivity index (χ3v) is 5.29. The number of anilines is 1. The fourth-order valence-electron chi connectivity index (χ4n) is 3.46. The van der Waals surface area contributed by atoms with Crippen molar-refractivity contribution in [3.8, 4) is 5.75 Å². The van der Waals surface area contributed by atoms with Gasteiger partial charge in [0.15, 0.2) is 0 Å². The molecule has 7 heteroatoms. The van der Waals surface area contributed by atoms with Gasteiger partial charge in [-0.25, -0.2) is 0 Å². The van der Waals surface area contributed by atoms with Gasteiger partial charge in [0.2, 0.25) is 17.7 Å². The molecule has 1 saturated heterocycles. The molecule has 2 aromatic carbocycles. The normalized spacial score (nSPS) is 17.9. The largest absolute Gasteiger partial charge is 0.497 e. The average molecular weight is 409 g/mol. The molecule has 158 valence electrons. The number of hydrogen-bond donors (Lipinski definition) is 2. The van der Waals surface area contributed by atoms with Crippen molar-refractivity contribution in [1.29, 1.82) is 0 Å². The van der Waals surface area contributed by atoms with Crippen LogP contribution in [0.2, 0.25) is 0 Å². The Labute approximate surface area is 176 Å². The van der Waals surface area contributed by atoms with Crippen LogP contribution in [-0.2, 0) is 14.4 Å². The van der Waals surface area contributed by atoms with Gasteiger partial charge in [0, 0.05) is 18.7 Å². The summed E-state index contributed by atoms with van der Waals surface area (Å²) in [4.78, 5) is 39.1. The Morgan fingerprint density at radius 2 is 1.70 bits per heavy atom. The summed E-state index contributed by atoms with van der Waals surface area (Å²) in [5.41, 5.74) is 1.71. The number of nitrogens with zero attached hydrogens (tertiary/aromatic N) is 1. The Hall–Kier alpha value is -3.35. The molecule has 1 aliphatic rings. The fourth-order valence-corrected chi connectivity index (χ4v) is 3.46. The molecule has 2 aromatic rings. The Balaban J connectivity index is 1.54. The molecule has 7 nitrogen and oxygen atoms in total. The van der Waals surface area contributed by atoms with E-state index < -0.39 is 12.0 Å². The minimum absolute atomic E-state index is 0.116. The highest BCUT2D eigenvalue weighted by molar-refractivity contribution is 6.01. The lowest BCUT2D eigenvalue weighted by molar-refractivity contribution is -0.131. The molecule has 1 fully saturated rings. The predicted octanol–water partition coefficient (Wildman–Crippen LogP) is 2.43. The van der Waals surface area contributed by atoms with E-state index in [1.54, 1.807) is 43.2 Å². The molecule has 1 aliphatic heterocycles. The van der Waals surface area contributed by atoms with Gasteiger partial charge in [-0.2, -0.15) is 0 Å². The first-order valence-electron chi connectivity index (χ1n) is 9.99. The zero-order valence-electron chi connectivity index (χ0n) is 17.4. The lowest BCUT2D eigenvalue weighted by Crippen LogP contribution is -2.47. The SMILES string of the molecule is COc1ccc(N2C[C@H](C(=O)N[C@@H](C)C(=O)N[C@@H](C)c3ccccc3)CC2=O)cc1. The van der Waals surface area contributed by atoms with Crippen LogP contribution in [0.5, 0.6) is 5.75 Å². The van der Waals surface area contributed by atoms with Crippen molar-refractivity contribution in [2.24, 2.45) is 5.92 Å². The molecule has 3 atom stereocenters. The summed E-state index contributed by atoms with van der Waals surface area (Å²) >= 11 is 0. The number of carbonyl (C=O) groups excluding carboxylic acids is 3. The minimum Gasteiger partial charge on any atom is -0.497 e. The van der Waals surface area contributed by atoms with Crippen LogP contribution in [0.15, 0.2) is 54.6 Å². The molecule has 1 heterocycles. The van der Waals surface area contributed by atoms with Crippen molar-refractivity contribution in [3.63, 3.8) is 0 Å². The van der Waals surface area contributed by atoms with E-state index >= 15 is 0 Å². The van der Waals surface area contributed by atoms with E-state index in [4.69, 9.17) is 4.74 Å². The molecule has 3 amide bonds. The summed E-state index contributed by atoms with van der Waals surface area (Å²) in [5, 5.41) is 5.64. The van der Waals surface area contributed by atoms with E-state index in [1.807, 2.05) is 37.3 Å². The molecule has 2 N–H and O–H groups in total. The number of rotatable bonds is 7. The number of methoxy groups -OCH3 is 1. The monoisotopic (exact) mass is 409 g/mol. The molecule has 0 bridgehead atoms. The average Bonchev–Trinajstić information content (AvgIpc) is 3.16. The van der Waals surface area contributed by atoms with Crippen molar-refractivity contribution >= 4 is 23.4 Å². The topological polar surface area (TPSA) is 87.7 Å². The molecule has 0 aliphatic carbocycles. The van der Waals surface area contributed by atoms with Crippen LogP contribution in [0, 0.1) is 5.92 Å². The zero-order chi connectivity index (χ0) is 21.7. The van der Waals surface area contributed by atoms with E-state index in [2.05, 4.69) is 10.6 Å². The van der Waals surface area contributed by atoms with Gasteiger partial charge in [-0.3, -0.25) is 14.4 Å². The summed E-state index contributed by atoms with van der Waals surface area (Å²) < 4.78 is 5.13. The number of ether oxygens (including phenoxy) is 1. The van der Waals surface area contributed by atoms with Gasteiger partial charge in [-0.1, -0.05) is 30.3 Å². The molecule has 0 radical (unpaired) electrons. The van der Waals surface area contributed by atoms with E-state index in [0.717, 1.165) is 11.3 Å². The van der Waals surface area contributed by atoms with Crippen molar-refractivity contribution in [1.82, 2.24) is 10.6 Å². The summed E-state index contributed by atoms with van der Waals surface area (Å²) in [6, 6.07) is 15.9. The minimum atomic E-state index is -0.700. The third-order valence-electron chi connectivity index (χ3n) is 5.29. The number of nitrogens with one attached hydrogen (secondary N) is 2. The van der Waals surface area contributed by atoms with Crippen molar-refractivity contribution in [3.05, 3.63) is 60.2 Å². The molecule has 3 rings (SSSR count). The van der Waals surface area contributed by atoms with Crippen molar-refractivity contribution < 1.29 is 19.1 Å². The summed E-state index contributed by atoms with van der Waals surface area (Å²) in [7, 11) is 1.58. The molecule has 30 heavy (non-hydrogen) atoms. The quantitative estimate of drug-likeness (QED) is 0.735.